The molecule has 2 rings (SSSR count). The van der Waals surface area contributed by atoms with Crippen molar-refractivity contribution in [1.29, 1.82) is 0 Å². The van der Waals surface area contributed by atoms with Crippen molar-refractivity contribution < 1.29 is 17.9 Å². The molecule has 166 valence electrons. The van der Waals surface area contributed by atoms with Crippen molar-refractivity contribution in [3.8, 4) is 0 Å². The lowest BCUT2D eigenvalue weighted by Gasteiger charge is -2.21. The van der Waals surface area contributed by atoms with Crippen LogP contribution in [0.3, 0.4) is 0 Å². The molecule has 0 saturated carbocycles. The van der Waals surface area contributed by atoms with Gasteiger partial charge in [-0.25, -0.2) is 4.98 Å². The largest absolute Gasteiger partial charge is 0.417 e. The number of nitrogens with zero attached hydrogens (tertiary/aromatic N) is 3. The lowest BCUT2D eigenvalue weighted by atomic mass is 10.2. The zero-order valence-corrected chi connectivity index (χ0v) is 19.8. The standard InChI is InChI=1S/C18H27ClF3N5O.HI/c1-12(2)11-28-7-5-24-17(23-3)26-14-4-6-27(10-14)16-15(19)8-13(9-25-16)18(20,21)22;/h8-9,12,14H,4-7,10-11H2,1-3H3,(H2,23,24,26);1H. The molecular weight excluding hydrogens is 522 g/mol. The van der Waals surface area contributed by atoms with E-state index in [1.54, 1.807) is 7.05 Å². The van der Waals surface area contributed by atoms with Gasteiger partial charge in [0, 0.05) is 45.5 Å². The maximum absolute atomic E-state index is 12.8. The van der Waals surface area contributed by atoms with Gasteiger partial charge < -0.3 is 20.3 Å². The number of aromatic nitrogens is 1. The van der Waals surface area contributed by atoms with Gasteiger partial charge in [0.25, 0.3) is 0 Å². The highest BCUT2D eigenvalue weighted by Crippen LogP contribution is 2.34. The Morgan fingerprint density at radius 2 is 2.17 bits per heavy atom. The number of ether oxygens (including phenoxy) is 1. The van der Waals surface area contributed by atoms with Crippen LogP contribution in [0.25, 0.3) is 0 Å². The van der Waals surface area contributed by atoms with Crippen LogP contribution in [0, 0.1) is 5.92 Å². The molecule has 1 atom stereocenters. The summed E-state index contributed by atoms with van der Waals surface area (Å²) < 4.78 is 43.8. The van der Waals surface area contributed by atoms with Crippen molar-refractivity contribution in [2.45, 2.75) is 32.5 Å². The van der Waals surface area contributed by atoms with E-state index >= 15 is 0 Å². The summed E-state index contributed by atoms with van der Waals surface area (Å²) >= 11 is 6.04. The van der Waals surface area contributed by atoms with Crippen molar-refractivity contribution in [3.05, 3.63) is 22.8 Å². The number of hydrogen-bond acceptors (Lipinski definition) is 4. The first kappa shape index (κ1) is 26.0. The third-order valence-electron chi connectivity index (χ3n) is 4.19. The summed E-state index contributed by atoms with van der Waals surface area (Å²) in [5, 5.41) is 6.50. The van der Waals surface area contributed by atoms with E-state index in [1.807, 2.05) is 4.90 Å². The SMILES string of the molecule is CN=C(NCCOCC(C)C)NC1CCN(c2ncc(C(F)(F)F)cc2Cl)C1.I. The average Bonchev–Trinajstić information content (AvgIpc) is 3.07. The Morgan fingerprint density at radius 3 is 2.76 bits per heavy atom. The van der Waals surface area contributed by atoms with E-state index in [1.165, 1.54) is 0 Å². The Balaban J connectivity index is 0.00000420. The first-order valence-corrected chi connectivity index (χ1v) is 9.61. The second-order valence-electron chi connectivity index (χ2n) is 7.07. The smallest absolute Gasteiger partial charge is 0.379 e. The van der Waals surface area contributed by atoms with Gasteiger partial charge in [0.05, 0.1) is 17.2 Å². The number of hydrogen-bond donors (Lipinski definition) is 2. The molecule has 2 N–H and O–H groups in total. The predicted octanol–water partition coefficient (Wildman–Crippen LogP) is 3.79. The van der Waals surface area contributed by atoms with Crippen LogP contribution >= 0.6 is 35.6 Å². The third kappa shape index (κ3) is 8.33. The first-order valence-electron chi connectivity index (χ1n) is 9.23. The minimum absolute atomic E-state index is 0. The zero-order chi connectivity index (χ0) is 20.7. The van der Waals surface area contributed by atoms with E-state index in [9.17, 15) is 13.2 Å². The van der Waals surface area contributed by atoms with E-state index in [0.717, 1.165) is 18.7 Å². The van der Waals surface area contributed by atoms with Crippen molar-refractivity contribution in [2.24, 2.45) is 10.9 Å². The Hall–Kier alpha value is -1.01. The third-order valence-corrected chi connectivity index (χ3v) is 4.47. The number of pyridine rings is 1. The highest BCUT2D eigenvalue weighted by atomic mass is 127. The van der Waals surface area contributed by atoms with Gasteiger partial charge in [-0.3, -0.25) is 4.99 Å². The summed E-state index contributed by atoms with van der Waals surface area (Å²) in [6.07, 6.45) is -2.84. The number of alkyl halides is 3. The fourth-order valence-electron chi connectivity index (χ4n) is 2.84. The number of anilines is 1. The summed E-state index contributed by atoms with van der Waals surface area (Å²) in [6, 6.07) is 1.00. The highest BCUT2D eigenvalue weighted by Gasteiger charge is 2.33. The summed E-state index contributed by atoms with van der Waals surface area (Å²) in [4.78, 5) is 9.99. The zero-order valence-electron chi connectivity index (χ0n) is 16.7. The molecule has 0 bridgehead atoms. The molecule has 0 radical (unpaired) electrons. The molecule has 1 saturated heterocycles. The van der Waals surface area contributed by atoms with Crippen molar-refractivity contribution >= 4 is 47.4 Å². The summed E-state index contributed by atoms with van der Waals surface area (Å²) in [5.41, 5.74) is -0.848. The molecule has 1 fully saturated rings. The summed E-state index contributed by atoms with van der Waals surface area (Å²) in [6.45, 7) is 7.34. The molecule has 6 nitrogen and oxygen atoms in total. The minimum Gasteiger partial charge on any atom is -0.379 e. The van der Waals surface area contributed by atoms with Crippen LogP contribution < -0.4 is 15.5 Å². The van der Waals surface area contributed by atoms with Gasteiger partial charge >= 0.3 is 6.18 Å². The topological polar surface area (TPSA) is 61.8 Å². The second-order valence-corrected chi connectivity index (χ2v) is 7.48. The predicted molar refractivity (Wildman–Crippen MR) is 120 cm³/mol. The van der Waals surface area contributed by atoms with Crippen LogP contribution in [-0.4, -0.2) is 56.9 Å². The molecule has 1 aliphatic rings. The van der Waals surface area contributed by atoms with Crippen LogP contribution in [0.2, 0.25) is 5.02 Å². The van der Waals surface area contributed by atoms with E-state index in [4.69, 9.17) is 16.3 Å². The Labute approximate surface area is 191 Å². The second kappa shape index (κ2) is 12.0. The van der Waals surface area contributed by atoms with Crippen LogP contribution in [0.5, 0.6) is 0 Å². The monoisotopic (exact) mass is 549 g/mol. The first-order chi connectivity index (χ1) is 13.2. The summed E-state index contributed by atoms with van der Waals surface area (Å²) in [7, 11) is 1.69. The minimum atomic E-state index is -4.46. The number of guanidine groups is 1. The Kier molecular flexibility index (Phi) is 10.8. The van der Waals surface area contributed by atoms with E-state index in [2.05, 4.69) is 34.5 Å². The lowest BCUT2D eigenvalue weighted by Crippen LogP contribution is -2.45. The fraction of sp³-hybridized carbons (Fsp3) is 0.667. The normalized spacial score (nSPS) is 17.4. The number of rotatable bonds is 7. The van der Waals surface area contributed by atoms with Crippen LogP contribution in [0.15, 0.2) is 17.3 Å². The van der Waals surface area contributed by atoms with Gasteiger partial charge in [0.2, 0.25) is 0 Å². The molecule has 0 aliphatic carbocycles. The number of halogens is 5. The van der Waals surface area contributed by atoms with E-state index in [0.29, 0.717) is 50.5 Å². The molecule has 29 heavy (non-hydrogen) atoms. The molecule has 1 aromatic heterocycles. The molecule has 1 aromatic rings. The molecule has 11 heteroatoms. The van der Waals surface area contributed by atoms with Gasteiger partial charge in [-0.15, -0.1) is 24.0 Å². The maximum Gasteiger partial charge on any atom is 0.417 e. The molecule has 2 heterocycles. The molecule has 1 unspecified atom stereocenters. The molecular formula is C18H28ClF3IN5O. The number of nitrogens with one attached hydrogen (secondary N) is 2. The van der Waals surface area contributed by atoms with E-state index in [-0.39, 0.29) is 35.0 Å². The van der Waals surface area contributed by atoms with Crippen molar-refractivity contribution in [1.82, 2.24) is 15.6 Å². The van der Waals surface area contributed by atoms with Gasteiger partial charge in [0.1, 0.15) is 5.82 Å². The maximum atomic E-state index is 12.8. The van der Waals surface area contributed by atoms with Crippen molar-refractivity contribution in [3.63, 3.8) is 0 Å². The van der Waals surface area contributed by atoms with Gasteiger partial charge in [-0.1, -0.05) is 25.4 Å². The van der Waals surface area contributed by atoms with Crippen LogP contribution in [0.1, 0.15) is 25.8 Å². The van der Waals surface area contributed by atoms with Gasteiger partial charge in [-0.2, -0.15) is 13.2 Å². The van der Waals surface area contributed by atoms with Crippen molar-refractivity contribution in [2.75, 3.05) is 44.8 Å². The Bertz CT molecular complexity index is 675. The van der Waals surface area contributed by atoms with Crippen LogP contribution in [-0.2, 0) is 10.9 Å². The quantitative estimate of drug-likeness (QED) is 0.235. The molecule has 0 spiro atoms. The summed E-state index contributed by atoms with van der Waals surface area (Å²) in [5.74, 6) is 1.52. The highest BCUT2D eigenvalue weighted by molar-refractivity contribution is 14.0. The number of aliphatic imine (C=N–C) groups is 1. The lowest BCUT2D eigenvalue weighted by molar-refractivity contribution is -0.137. The van der Waals surface area contributed by atoms with Crippen LogP contribution in [0.4, 0.5) is 19.0 Å². The molecule has 1 aliphatic heterocycles. The molecule has 0 amide bonds. The fourth-order valence-corrected chi connectivity index (χ4v) is 3.12. The Morgan fingerprint density at radius 1 is 1.45 bits per heavy atom. The average molecular weight is 550 g/mol. The van der Waals surface area contributed by atoms with Gasteiger partial charge in [-0.05, 0) is 18.4 Å². The van der Waals surface area contributed by atoms with Gasteiger partial charge in [0.15, 0.2) is 5.96 Å². The molecule has 0 aromatic carbocycles. The van der Waals surface area contributed by atoms with E-state index < -0.39 is 11.7 Å².